The second-order valence-electron chi connectivity index (χ2n) is 7.07. The Morgan fingerprint density at radius 2 is 1.79 bits per heavy atom. The average Bonchev–Trinajstić information content (AvgIpc) is 3.22. The minimum atomic E-state index is -0.345. The number of hydrogen-bond acceptors (Lipinski definition) is 4. The molecule has 1 amide bonds. The van der Waals surface area contributed by atoms with Crippen LogP contribution in [0, 0.1) is 6.92 Å². The first kappa shape index (κ1) is 16.7. The largest absolute Gasteiger partial charge is 0.454 e. The molecule has 7 heteroatoms. The molecule has 1 N–H and O–H groups in total. The molecule has 0 bridgehead atoms. The molecule has 0 radical (unpaired) electrons. The Balaban J connectivity index is 1.71. The second kappa shape index (κ2) is 6.02. The third-order valence-corrected chi connectivity index (χ3v) is 5.53. The molecule has 0 spiro atoms. The van der Waals surface area contributed by atoms with E-state index in [1.54, 1.807) is 10.7 Å². The van der Waals surface area contributed by atoms with Crippen LogP contribution in [0.25, 0.3) is 5.69 Å². The zero-order valence-electron chi connectivity index (χ0n) is 15.6. The number of carbonyl (C=O) groups is 1. The van der Waals surface area contributed by atoms with Gasteiger partial charge in [0, 0.05) is 42.4 Å². The molecular formula is C21H19N3O4. The number of carbonyl (C=O) groups excluding carboxylic acids is 1. The topological polar surface area (TPSA) is 74.5 Å². The van der Waals surface area contributed by atoms with Gasteiger partial charge >= 0.3 is 0 Å². The second-order valence-corrected chi connectivity index (χ2v) is 7.07. The molecule has 142 valence electrons. The molecule has 1 atom stereocenters. The molecule has 0 aliphatic carbocycles. The van der Waals surface area contributed by atoms with Crippen molar-refractivity contribution in [1.82, 2.24) is 9.36 Å². The molecule has 0 saturated carbocycles. The molecule has 1 unspecified atom stereocenters. The van der Waals surface area contributed by atoms with E-state index in [4.69, 9.17) is 9.47 Å². The van der Waals surface area contributed by atoms with E-state index in [2.05, 4.69) is 5.32 Å². The van der Waals surface area contributed by atoms with Crippen molar-refractivity contribution in [1.29, 1.82) is 0 Å². The minimum absolute atomic E-state index is 0.116. The van der Waals surface area contributed by atoms with Crippen molar-refractivity contribution in [3.63, 3.8) is 0 Å². The van der Waals surface area contributed by atoms with Crippen molar-refractivity contribution in [3.05, 3.63) is 69.6 Å². The molecule has 5 rings (SSSR count). The van der Waals surface area contributed by atoms with Crippen LogP contribution < -0.4 is 20.3 Å². The van der Waals surface area contributed by atoms with Crippen LogP contribution in [0.2, 0.25) is 0 Å². The Morgan fingerprint density at radius 1 is 1.07 bits per heavy atom. The number of ether oxygens (including phenoxy) is 2. The number of fused-ring (bicyclic) bond motifs is 2. The van der Waals surface area contributed by atoms with Crippen LogP contribution in [0.4, 0.5) is 5.69 Å². The van der Waals surface area contributed by atoms with E-state index >= 15 is 0 Å². The number of para-hydroxylation sites is 1. The lowest BCUT2D eigenvalue weighted by atomic mass is 9.84. The summed E-state index contributed by atoms with van der Waals surface area (Å²) in [5.41, 5.74) is 3.66. The first-order chi connectivity index (χ1) is 13.5. The molecule has 0 saturated heterocycles. The molecule has 1 aromatic heterocycles. The molecule has 2 aliphatic heterocycles. The van der Waals surface area contributed by atoms with E-state index in [1.807, 2.05) is 55.1 Å². The van der Waals surface area contributed by atoms with Crippen molar-refractivity contribution in [2.75, 3.05) is 12.1 Å². The van der Waals surface area contributed by atoms with Gasteiger partial charge < -0.3 is 14.8 Å². The average molecular weight is 377 g/mol. The summed E-state index contributed by atoms with van der Waals surface area (Å²) in [5, 5.41) is 2.89. The fraction of sp³-hybridized carbons (Fsp3) is 0.238. The molecule has 2 aromatic carbocycles. The smallest absolute Gasteiger partial charge is 0.275 e. The Kier molecular flexibility index (Phi) is 3.58. The normalized spacial score (nSPS) is 17.4. The fourth-order valence-corrected chi connectivity index (χ4v) is 4.10. The van der Waals surface area contributed by atoms with Gasteiger partial charge in [-0.25, -0.2) is 4.68 Å². The van der Waals surface area contributed by atoms with Gasteiger partial charge in [0.1, 0.15) is 0 Å². The SMILES string of the molecule is Cc1c(C2CC(=O)Nc3cc4c(cc32)OCO4)c(=O)n(-c2ccccc2)n1C. The van der Waals surface area contributed by atoms with Gasteiger partial charge in [-0.3, -0.25) is 14.3 Å². The number of hydrogen-bond donors (Lipinski definition) is 1. The third-order valence-electron chi connectivity index (χ3n) is 5.53. The number of benzene rings is 2. The summed E-state index contributed by atoms with van der Waals surface area (Å²) in [4.78, 5) is 25.8. The number of aromatic nitrogens is 2. The number of nitrogens with one attached hydrogen (secondary N) is 1. The molecule has 3 heterocycles. The first-order valence-electron chi connectivity index (χ1n) is 9.12. The first-order valence-corrected chi connectivity index (χ1v) is 9.12. The van der Waals surface area contributed by atoms with Gasteiger partial charge in [0.15, 0.2) is 11.5 Å². The Bertz CT molecular complexity index is 1160. The maximum absolute atomic E-state index is 13.4. The van der Waals surface area contributed by atoms with Crippen molar-refractivity contribution in [2.45, 2.75) is 19.3 Å². The summed E-state index contributed by atoms with van der Waals surface area (Å²) in [6.07, 6.45) is 0.210. The summed E-state index contributed by atoms with van der Waals surface area (Å²) < 4.78 is 14.4. The van der Waals surface area contributed by atoms with Crippen molar-refractivity contribution in [3.8, 4) is 17.2 Å². The van der Waals surface area contributed by atoms with Gasteiger partial charge in [-0.1, -0.05) is 18.2 Å². The zero-order valence-corrected chi connectivity index (χ0v) is 15.6. The predicted molar refractivity (Wildman–Crippen MR) is 103 cm³/mol. The van der Waals surface area contributed by atoms with E-state index in [9.17, 15) is 9.59 Å². The molecule has 3 aromatic rings. The lowest BCUT2D eigenvalue weighted by Crippen LogP contribution is -2.28. The third kappa shape index (κ3) is 2.36. The number of amides is 1. The lowest BCUT2D eigenvalue weighted by Gasteiger charge is -2.25. The number of nitrogens with zero attached hydrogens (tertiary/aromatic N) is 2. The van der Waals surface area contributed by atoms with Crippen LogP contribution in [-0.2, 0) is 11.8 Å². The van der Waals surface area contributed by atoms with Crippen LogP contribution in [0.1, 0.15) is 29.2 Å². The van der Waals surface area contributed by atoms with Gasteiger partial charge in [-0.2, -0.15) is 0 Å². The van der Waals surface area contributed by atoms with Crippen LogP contribution >= 0.6 is 0 Å². The maximum atomic E-state index is 13.4. The fourth-order valence-electron chi connectivity index (χ4n) is 4.10. The maximum Gasteiger partial charge on any atom is 0.275 e. The standard InChI is InChI=1S/C21H19N3O4/c1-12-20(21(26)24(23(12)2)13-6-4-3-5-7-13)15-9-19(25)22-16-10-18-17(8-14(15)16)27-11-28-18/h3-8,10,15H,9,11H2,1-2H3,(H,22,25). The minimum Gasteiger partial charge on any atom is -0.454 e. The summed E-state index contributed by atoms with van der Waals surface area (Å²) in [6, 6.07) is 13.1. The van der Waals surface area contributed by atoms with Crippen molar-refractivity contribution >= 4 is 11.6 Å². The number of rotatable bonds is 2. The Hall–Kier alpha value is -3.48. The van der Waals surface area contributed by atoms with Gasteiger partial charge in [0.2, 0.25) is 12.7 Å². The van der Waals surface area contributed by atoms with Gasteiger partial charge in [-0.15, -0.1) is 0 Å². The quantitative estimate of drug-likeness (QED) is 0.745. The van der Waals surface area contributed by atoms with Gasteiger partial charge in [0.05, 0.1) is 5.69 Å². The molecule has 28 heavy (non-hydrogen) atoms. The Morgan fingerprint density at radius 3 is 2.54 bits per heavy atom. The summed E-state index contributed by atoms with van der Waals surface area (Å²) >= 11 is 0. The number of anilines is 1. The predicted octanol–water partition coefficient (Wildman–Crippen LogP) is 2.69. The monoisotopic (exact) mass is 377 g/mol. The van der Waals surface area contributed by atoms with Gasteiger partial charge in [-0.05, 0) is 30.7 Å². The van der Waals surface area contributed by atoms with Crippen LogP contribution in [0.5, 0.6) is 11.5 Å². The summed E-state index contributed by atoms with van der Waals surface area (Å²) in [6.45, 7) is 2.07. The highest BCUT2D eigenvalue weighted by Gasteiger charge is 2.34. The highest BCUT2D eigenvalue weighted by atomic mass is 16.7. The van der Waals surface area contributed by atoms with Gasteiger partial charge in [0.25, 0.3) is 5.56 Å². The molecule has 0 fully saturated rings. The van der Waals surface area contributed by atoms with E-state index in [1.165, 1.54) is 0 Å². The van der Waals surface area contributed by atoms with E-state index in [-0.39, 0.29) is 30.6 Å². The molecular weight excluding hydrogens is 358 g/mol. The van der Waals surface area contributed by atoms with E-state index < -0.39 is 0 Å². The van der Waals surface area contributed by atoms with Crippen LogP contribution in [0.15, 0.2) is 47.3 Å². The lowest BCUT2D eigenvalue weighted by molar-refractivity contribution is -0.116. The summed E-state index contributed by atoms with van der Waals surface area (Å²) in [7, 11) is 1.86. The Labute approximate surface area is 161 Å². The molecule has 7 nitrogen and oxygen atoms in total. The van der Waals surface area contributed by atoms with Crippen LogP contribution in [0.3, 0.4) is 0 Å². The van der Waals surface area contributed by atoms with Crippen LogP contribution in [-0.4, -0.2) is 22.1 Å². The van der Waals surface area contributed by atoms with Crippen molar-refractivity contribution < 1.29 is 14.3 Å². The van der Waals surface area contributed by atoms with E-state index in [0.717, 1.165) is 16.9 Å². The highest BCUT2D eigenvalue weighted by molar-refractivity contribution is 5.96. The summed E-state index contributed by atoms with van der Waals surface area (Å²) in [5.74, 6) is 0.773. The molecule has 2 aliphatic rings. The highest BCUT2D eigenvalue weighted by Crippen LogP contribution is 2.44. The zero-order chi connectivity index (χ0) is 19.4. The van der Waals surface area contributed by atoms with E-state index in [0.29, 0.717) is 22.7 Å². The van der Waals surface area contributed by atoms with Crippen molar-refractivity contribution in [2.24, 2.45) is 7.05 Å².